The molecule has 0 aliphatic rings. The topological polar surface area (TPSA) is 46.2 Å². The molecule has 1 aromatic carbocycles. The van der Waals surface area contributed by atoms with Gasteiger partial charge in [0.05, 0.1) is 10.0 Å². The molecule has 0 amide bonds. The van der Waals surface area contributed by atoms with E-state index in [1.165, 1.54) is 0 Å². The molecule has 0 spiro atoms. The van der Waals surface area contributed by atoms with Crippen molar-refractivity contribution in [3.05, 3.63) is 27.7 Å². The molecular formula is C8H6BrClF5NO. The zero-order chi connectivity index (χ0) is 12.7. The van der Waals surface area contributed by atoms with Crippen molar-refractivity contribution in [1.82, 2.24) is 0 Å². The van der Waals surface area contributed by atoms with Crippen LogP contribution in [-0.2, 0) is 0 Å². The highest BCUT2D eigenvalue weighted by Crippen LogP contribution is 2.40. The largest absolute Gasteiger partial charge is 0.506 e. The number of alkyl halides is 3. The van der Waals surface area contributed by atoms with Crippen molar-refractivity contribution in [1.29, 1.82) is 0 Å². The summed E-state index contributed by atoms with van der Waals surface area (Å²) >= 11 is 2.59. The Morgan fingerprint density at radius 3 is 2.18 bits per heavy atom. The van der Waals surface area contributed by atoms with Crippen LogP contribution < -0.4 is 5.73 Å². The normalized spacial score (nSPS) is 13.1. The number of nitrogens with two attached hydrogens (primary N) is 1. The molecule has 0 fully saturated rings. The minimum atomic E-state index is -4.98. The third-order valence-electron chi connectivity index (χ3n) is 1.84. The van der Waals surface area contributed by atoms with Crippen LogP contribution in [0.4, 0.5) is 22.0 Å². The zero-order valence-corrected chi connectivity index (χ0v) is 10.3. The van der Waals surface area contributed by atoms with Crippen LogP contribution in [0.1, 0.15) is 11.6 Å². The molecule has 0 saturated carbocycles. The number of phenols is 1. The van der Waals surface area contributed by atoms with E-state index in [1.54, 1.807) is 0 Å². The predicted molar refractivity (Wildman–Crippen MR) is 56.0 cm³/mol. The first-order chi connectivity index (χ1) is 7.16. The van der Waals surface area contributed by atoms with Gasteiger partial charge in [-0.25, -0.2) is 8.78 Å². The summed E-state index contributed by atoms with van der Waals surface area (Å²) in [5.41, 5.74) is 3.38. The van der Waals surface area contributed by atoms with E-state index in [4.69, 9.17) is 5.73 Å². The van der Waals surface area contributed by atoms with E-state index >= 15 is 0 Å². The molecule has 0 aliphatic carbocycles. The van der Waals surface area contributed by atoms with Gasteiger partial charge in [-0.05, 0) is 22.0 Å². The standard InChI is InChI=1S/C8H5BrF5NO.ClH/c9-2-1-3(10)5(11)4(6(2)16)7(15)8(12,13)14;/h1,7,16H,15H2;1H/t7-;/m1./s1. The van der Waals surface area contributed by atoms with E-state index in [1.807, 2.05) is 0 Å². The average molecular weight is 342 g/mol. The molecule has 0 aliphatic heterocycles. The summed E-state index contributed by atoms with van der Waals surface area (Å²) in [6.45, 7) is 0. The highest BCUT2D eigenvalue weighted by atomic mass is 79.9. The van der Waals surface area contributed by atoms with Crippen LogP contribution in [0.25, 0.3) is 0 Å². The number of hydrogen-bond acceptors (Lipinski definition) is 2. The van der Waals surface area contributed by atoms with Crippen LogP contribution in [0.15, 0.2) is 10.5 Å². The minimum absolute atomic E-state index is 0. The molecule has 9 heteroatoms. The number of halogens is 7. The van der Waals surface area contributed by atoms with Crippen molar-refractivity contribution >= 4 is 28.3 Å². The third-order valence-corrected chi connectivity index (χ3v) is 2.45. The molecule has 0 saturated heterocycles. The van der Waals surface area contributed by atoms with Gasteiger partial charge in [0.2, 0.25) is 0 Å². The van der Waals surface area contributed by atoms with Crippen molar-refractivity contribution in [2.24, 2.45) is 5.73 Å². The van der Waals surface area contributed by atoms with Gasteiger partial charge >= 0.3 is 6.18 Å². The first-order valence-electron chi connectivity index (χ1n) is 3.85. The van der Waals surface area contributed by atoms with Gasteiger partial charge in [-0.2, -0.15) is 13.2 Å². The van der Waals surface area contributed by atoms with Crippen molar-refractivity contribution < 1.29 is 27.1 Å². The van der Waals surface area contributed by atoms with Gasteiger partial charge < -0.3 is 10.8 Å². The first-order valence-corrected chi connectivity index (χ1v) is 4.64. The van der Waals surface area contributed by atoms with E-state index in [9.17, 15) is 27.1 Å². The van der Waals surface area contributed by atoms with Gasteiger partial charge in [0.1, 0.15) is 11.8 Å². The minimum Gasteiger partial charge on any atom is -0.506 e. The zero-order valence-electron chi connectivity index (χ0n) is 7.86. The quantitative estimate of drug-likeness (QED) is 0.607. The maximum Gasteiger partial charge on any atom is 0.407 e. The Labute approximate surface area is 107 Å². The van der Waals surface area contributed by atoms with Crippen LogP contribution in [-0.4, -0.2) is 11.3 Å². The average Bonchev–Trinajstić information content (AvgIpc) is 2.13. The third kappa shape index (κ3) is 3.20. The van der Waals surface area contributed by atoms with Crippen molar-refractivity contribution in [2.45, 2.75) is 12.2 Å². The molecule has 0 radical (unpaired) electrons. The second-order valence-electron chi connectivity index (χ2n) is 2.94. The van der Waals surface area contributed by atoms with E-state index in [2.05, 4.69) is 15.9 Å². The van der Waals surface area contributed by atoms with E-state index in [-0.39, 0.29) is 12.4 Å². The molecule has 98 valence electrons. The number of benzene rings is 1. The lowest BCUT2D eigenvalue weighted by molar-refractivity contribution is -0.150. The number of hydrogen-bond donors (Lipinski definition) is 2. The molecule has 2 nitrogen and oxygen atoms in total. The summed E-state index contributed by atoms with van der Waals surface area (Å²) in [5, 5.41) is 9.20. The smallest absolute Gasteiger partial charge is 0.407 e. The Balaban J connectivity index is 0.00000256. The molecule has 0 unspecified atom stereocenters. The fraction of sp³-hybridized carbons (Fsp3) is 0.250. The van der Waals surface area contributed by atoms with Gasteiger partial charge in [0.15, 0.2) is 11.6 Å². The van der Waals surface area contributed by atoms with Crippen LogP contribution >= 0.6 is 28.3 Å². The summed E-state index contributed by atoms with van der Waals surface area (Å²) in [5.74, 6) is -4.41. The number of rotatable bonds is 1. The Kier molecular flexibility index (Phi) is 5.17. The summed E-state index contributed by atoms with van der Waals surface area (Å²) in [6, 6.07) is -2.28. The molecule has 3 N–H and O–H groups in total. The number of aromatic hydroxyl groups is 1. The van der Waals surface area contributed by atoms with Crippen LogP contribution in [0.5, 0.6) is 5.75 Å². The van der Waals surface area contributed by atoms with Crippen molar-refractivity contribution in [2.75, 3.05) is 0 Å². The SMILES string of the molecule is Cl.N[C@H](c1c(O)c(Br)cc(F)c1F)C(F)(F)F. The number of phenolic OH excluding ortho intramolecular Hbond substituents is 1. The molecule has 1 aromatic rings. The summed E-state index contributed by atoms with van der Waals surface area (Å²) in [7, 11) is 0. The fourth-order valence-electron chi connectivity index (χ4n) is 1.05. The van der Waals surface area contributed by atoms with Crippen LogP contribution in [0.2, 0.25) is 0 Å². The van der Waals surface area contributed by atoms with E-state index in [0.717, 1.165) is 0 Å². The lowest BCUT2D eigenvalue weighted by Gasteiger charge is -2.18. The van der Waals surface area contributed by atoms with Crippen molar-refractivity contribution in [3.63, 3.8) is 0 Å². The monoisotopic (exact) mass is 341 g/mol. The predicted octanol–water partition coefficient (Wildman–Crippen LogP) is 3.42. The Morgan fingerprint density at radius 2 is 1.76 bits per heavy atom. The van der Waals surface area contributed by atoms with Gasteiger partial charge in [-0.1, -0.05) is 0 Å². The highest BCUT2D eigenvalue weighted by Gasteiger charge is 2.42. The maximum absolute atomic E-state index is 13.1. The van der Waals surface area contributed by atoms with E-state index in [0.29, 0.717) is 6.07 Å². The molecule has 1 atom stereocenters. The van der Waals surface area contributed by atoms with E-state index < -0.39 is 39.6 Å². The van der Waals surface area contributed by atoms with Crippen LogP contribution in [0.3, 0.4) is 0 Å². The molecular weight excluding hydrogens is 336 g/mol. The second-order valence-corrected chi connectivity index (χ2v) is 3.79. The molecule has 0 heterocycles. The summed E-state index contributed by atoms with van der Waals surface area (Å²) in [6.07, 6.45) is -4.98. The molecule has 0 aromatic heterocycles. The lowest BCUT2D eigenvalue weighted by atomic mass is 10.1. The van der Waals surface area contributed by atoms with Gasteiger partial charge in [-0.15, -0.1) is 12.4 Å². The molecule has 1 rings (SSSR count). The fourth-order valence-corrected chi connectivity index (χ4v) is 1.47. The van der Waals surface area contributed by atoms with Gasteiger partial charge in [0.25, 0.3) is 0 Å². The summed E-state index contributed by atoms with van der Waals surface area (Å²) in [4.78, 5) is 0. The Hall–Kier alpha value is -0.600. The highest BCUT2D eigenvalue weighted by molar-refractivity contribution is 9.10. The lowest BCUT2D eigenvalue weighted by Crippen LogP contribution is -2.29. The Morgan fingerprint density at radius 1 is 1.29 bits per heavy atom. The second kappa shape index (κ2) is 5.36. The van der Waals surface area contributed by atoms with Gasteiger partial charge in [0, 0.05) is 0 Å². The van der Waals surface area contributed by atoms with Crippen molar-refractivity contribution in [3.8, 4) is 5.75 Å². The first kappa shape index (κ1) is 16.4. The molecule has 17 heavy (non-hydrogen) atoms. The summed E-state index contributed by atoms with van der Waals surface area (Å²) < 4.78 is 62.2. The Bertz CT molecular complexity index is 399. The van der Waals surface area contributed by atoms with Crippen LogP contribution in [0, 0.1) is 11.6 Å². The maximum atomic E-state index is 13.1. The molecule has 0 bridgehead atoms. The van der Waals surface area contributed by atoms with Gasteiger partial charge in [-0.3, -0.25) is 0 Å².